The van der Waals surface area contributed by atoms with Crippen molar-refractivity contribution in [3.05, 3.63) is 69.8 Å². The van der Waals surface area contributed by atoms with Crippen molar-refractivity contribution in [2.45, 2.75) is 98.4 Å². The van der Waals surface area contributed by atoms with E-state index < -0.39 is 34.4 Å². The third-order valence-electron chi connectivity index (χ3n) is 7.70. The van der Waals surface area contributed by atoms with Crippen molar-refractivity contribution in [1.82, 2.24) is 19.7 Å². The van der Waals surface area contributed by atoms with Gasteiger partial charge in [0.05, 0.1) is 21.7 Å². The predicted molar refractivity (Wildman–Crippen MR) is 162 cm³/mol. The molecule has 7 nitrogen and oxygen atoms in total. The van der Waals surface area contributed by atoms with Crippen molar-refractivity contribution >= 4 is 29.2 Å². The van der Waals surface area contributed by atoms with Crippen LogP contribution >= 0.6 is 11.6 Å². The number of nitrogens with zero attached hydrogens (tertiary/aromatic N) is 4. The number of rotatable bonds is 7. The van der Waals surface area contributed by atoms with E-state index in [1.54, 1.807) is 43.7 Å². The average molecular weight is 620 g/mol. The molecule has 234 valence electrons. The highest BCUT2D eigenvalue weighted by molar-refractivity contribution is 6.30. The third-order valence-corrected chi connectivity index (χ3v) is 7.99. The minimum atomic E-state index is -1.14. The van der Waals surface area contributed by atoms with E-state index in [0.29, 0.717) is 37.3 Å². The maximum absolute atomic E-state index is 15.3. The van der Waals surface area contributed by atoms with Gasteiger partial charge in [-0.15, -0.1) is 0 Å². The summed E-state index contributed by atoms with van der Waals surface area (Å²) < 4.78 is 52.6. The number of likely N-dealkylation sites (tertiary alicyclic amines) is 1. The highest BCUT2D eigenvalue weighted by Gasteiger charge is 2.47. The van der Waals surface area contributed by atoms with Crippen LogP contribution in [0.5, 0.6) is 0 Å². The van der Waals surface area contributed by atoms with E-state index in [9.17, 15) is 13.6 Å². The molecule has 2 aromatic heterocycles. The molecule has 0 unspecified atom stereocenters. The molecule has 2 atom stereocenters. The summed E-state index contributed by atoms with van der Waals surface area (Å²) >= 11 is 5.99. The van der Waals surface area contributed by atoms with Gasteiger partial charge in [0.15, 0.2) is 17.5 Å². The lowest BCUT2D eigenvalue weighted by Crippen LogP contribution is -2.51. The van der Waals surface area contributed by atoms with E-state index in [1.165, 1.54) is 6.07 Å². The van der Waals surface area contributed by atoms with E-state index in [2.05, 4.69) is 20.3 Å². The van der Waals surface area contributed by atoms with Gasteiger partial charge in [0, 0.05) is 42.4 Å². The molecule has 0 spiro atoms. The number of aromatic nitrogens is 3. The molecule has 0 radical (unpaired) electrons. The molecule has 0 aliphatic carbocycles. The highest BCUT2D eigenvalue weighted by atomic mass is 35.5. The Morgan fingerprint density at radius 3 is 2.44 bits per heavy atom. The maximum atomic E-state index is 15.3. The fourth-order valence-corrected chi connectivity index (χ4v) is 5.87. The van der Waals surface area contributed by atoms with Crippen molar-refractivity contribution in [1.29, 1.82) is 0 Å². The zero-order chi connectivity index (χ0) is 31.9. The predicted octanol–water partition coefficient (Wildman–Crippen LogP) is 7.71. The first kappa shape index (κ1) is 32.8. The van der Waals surface area contributed by atoms with E-state index in [-0.39, 0.29) is 34.5 Å². The van der Waals surface area contributed by atoms with Crippen LogP contribution in [0, 0.1) is 29.8 Å². The van der Waals surface area contributed by atoms with Gasteiger partial charge in [-0.05, 0) is 80.8 Å². The van der Waals surface area contributed by atoms with Gasteiger partial charge in [-0.2, -0.15) is 5.10 Å². The number of halogens is 4. The van der Waals surface area contributed by atoms with Crippen LogP contribution in [0.3, 0.4) is 0 Å². The second kappa shape index (κ2) is 12.1. The molecule has 1 fully saturated rings. The molecule has 43 heavy (non-hydrogen) atoms. The first-order valence-corrected chi connectivity index (χ1v) is 14.9. The highest BCUT2D eigenvalue weighted by Crippen LogP contribution is 2.41. The van der Waals surface area contributed by atoms with E-state index in [1.807, 2.05) is 34.6 Å². The number of hydrogen-bond acceptors (Lipinski definition) is 6. The summed E-state index contributed by atoms with van der Waals surface area (Å²) in [5.41, 5.74) is -0.949. The molecular weight excluding hydrogens is 579 g/mol. The minimum Gasteiger partial charge on any atom is -0.460 e. The van der Waals surface area contributed by atoms with Crippen molar-refractivity contribution in [3.63, 3.8) is 0 Å². The number of ether oxygens (including phenoxy) is 1. The fourth-order valence-electron chi connectivity index (χ4n) is 5.68. The third kappa shape index (κ3) is 7.52. The summed E-state index contributed by atoms with van der Waals surface area (Å²) in [7, 11) is 0. The van der Waals surface area contributed by atoms with E-state index in [0.717, 1.165) is 11.8 Å². The Hall–Kier alpha value is -3.11. The second-order valence-electron chi connectivity index (χ2n) is 13.6. The number of esters is 1. The summed E-state index contributed by atoms with van der Waals surface area (Å²) in [5.74, 6) is -2.48. The van der Waals surface area contributed by atoms with Crippen LogP contribution in [-0.2, 0) is 28.0 Å². The lowest BCUT2D eigenvalue weighted by Gasteiger charge is -2.45. The first-order valence-electron chi connectivity index (χ1n) is 14.5. The normalized spacial score (nSPS) is 19.9. The SMILES string of the molecule is Cc1cc(Nc2nc(C[C@@]3(C(=O)OC(C)(C)C)CCN(Cc4cccc(Cl)c4F)[C@H](C)C3)c(F)cc2F)nn1C(C)(C)C. The Morgan fingerprint density at radius 2 is 1.84 bits per heavy atom. The summed E-state index contributed by atoms with van der Waals surface area (Å²) in [6, 6.07) is 7.23. The Kier molecular flexibility index (Phi) is 9.24. The fraction of sp³-hybridized carbons (Fsp3) is 0.531. The Bertz CT molecular complexity index is 1500. The van der Waals surface area contributed by atoms with Crippen LogP contribution < -0.4 is 5.32 Å². The zero-order valence-electron chi connectivity index (χ0n) is 26.1. The number of carbonyl (C=O) groups is 1. The van der Waals surface area contributed by atoms with Gasteiger partial charge in [0.2, 0.25) is 0 Å². The number of benzene rings is 1. The Morgan fingerprint density at radius 1 is 1.14 bits per heavy atom. The van der Waals surface area contributed by atoms with E-state index in [4.69, 9.17) is 16.3 Å². The molecule has 0 bridgehead atoms. The van der Waals surface area contributed by atoms with Gasteiger partial charge < -0.3 is 10.1 Å². The van der Waals surface area contributed by atoms with Crippen LogP contribution in [0.4, 0.5) is 24.8 Å². The Balaban J connectivity index is 1.64. The summed E-state index contributed by atoms with van der Waals surface area (Å²) in [6.07, 6.45) is 0.521. The number of piperidine rings is 1. The molecule has 3 aromatic rings. The van der Waals surface area contributed by atoms with Crippen molar-refractivity contribution in [2.24, 2.45) is 5.41 Å². The van der Waals surface area contributed by atoms with Gasteiger partial charge in [-0.25, -0.2) is 18.2 Å². The molecule has 11 heteroatoms. The number of pyridine rings is 1. The topological polar surface area (TPSA) is 72.3 Å². The molecule has 1 aromatic carbocycles. The number of hydrogen-bond donors (Lipinski definition) is 1. The lowest BCUT2D eigenvalue weighted by atomic mass is 9.72. The summed E-state index contributed by atoms with van der Waals surface area (Å²) in [4.78, 5) is 20.2. The van der Waals surface area contributed by atoms with Gasteiger partial charge in [-0.1, -0.05) is 23.7 Å². The number of anilines is 2. The molecule has 0 amide bonds. The Labute approximate surface area is 256 Å². The van der Waals surface area contributed by atoms with Crippen molar-refractivity contribution < 1.29 is 22.7 Å². The molecule has 1 aliphatic rings. The molecule has 1 N–H and O–H groups in total. The molecule has 1 aliphatic heterocycles. The molecule has 3 heterocycles. The van der Waals surface area contributed by atoms with Gasteiger partial charge in [-0.3, -0.25) is 14.4 Å². The largest absolute Gasteiger partial charge is 0.460 e. The maximum Gasteiger partial charge on any atom is 0.313 e. The van der Waals surface area contributed by atoms with Crippen LogP contribution in [0.1, 0.15) is 78.3 Å². The average Bonchev–Trinajstić information content (AvgIpc) is 3.26. The number of aryl methyl sites for hydroxylation is 1. The van der Waals surface area contributed by atoms with Crippen LogP contribution in [0.25, 0.3) is 0 Å². The van der Waals surface area contributed by atoms with Crippen LogP contribution in [-0.4, -0.2) is 43.8 Å². The molecule has 0 saturated carbocycles. The number of carbonyl (C=O) groups excluding carboxylic acids is 1. The lowest BCUT2D eigenvalue weighted by molar-refractivity contribution is -0.172. The van der Waals surface area contributed by atoms with Crippen LogP contribution in [0.15, 0.2) is 30.3 Å². The van der Waals surface area contributed by atoms with Gasteiger partial charge in [0.25, 0.3) is 0 Å². The molecule has 1 saturated heterocycles. The monoisotopic (exact) mass is 619 g/mol. The summed E-state index contributed by atoms with van der Waals surface area (Å²) in [6.45, 7) is 15.9. The molecule has 4 rings (SSSR count). The smallest absolute Gasteiger partial charge is 0.313 e. The zero-order valence-corrected chi connectivity index (χ0v) is 26.9. The quantitative estimate of drug-likeness (QED) is 0.273. The number of nitrogens with one attached hydrogen (secondary N) is 1. The summed E-state index contributed by atoms with van der Waals surface area (Å²) in [5, 5.41) is 7.46. The minimum absolute atomic E-state index is 0.0490. The van der Waals surface area contributed by atoms with Gasteiger partial charge >= 0.3 is 5.97 Å². The molecular formula is C32H41ClF3N5O2. The second-order valence-corrected chi connectivity index (χ2v) is 14.0. The van der Waals surface area contributed by atoms with Crippen LogP contribution in [0.2, 0.25) is 5.02 Å². The first-order chi connectivity index (χ1) is 19.9. The van der Waals surface area contributed by atoms with Gasteiger partial charge in [0.1, 0.15) is 17.2 Å². The van der Waals surface area contributed by atoms with E-state index >= 15 is 4.39 Å². The van der Waals surface area contributed by atoms with Crippen molar-refractivity contribution in [3.8, 4) is 0 Å². The van der Waals surface area contributed by atoms with Crippen molar-refractivity contribution in [2.75, 3.05) is 11.9 Å². The standard InChI is InChI=1S/C32H41ClF3N5O2/c1-19-14-26(39-41(19)30(3,4)5)38-28-24(35)15-23(34)25(37-28)17-32(29(42)43-31(6,7)8)12-13-40(20(2)16-32)18-21-10-9-11-22(33)27(21)36/h9-11,14-15,20H,12-13,16-18H2,1-8H3,(H,37,38,39)/t20-,32-/m1/s1.